The van der Waals surface area contributed by atoms with Gasteiger partial charge in [-0.2, -0.15) is 0 Å². The van der Waals surface area contributed by atoms with Crippen molar-refractivity contribution in [2.45, 2.75) is 13.8 Å². The molecule has 122 valence electrons. The van der Waals surface area contributed by atoms with Crippen LogP contribution in [0.25, 0.3) is 0 Å². The number of halogens is 1. The molecule has 0 amide bonds. The van der Waals surface area contributed by atoms with Crippen molar-refractivity contribution < 1.29 is 9.66 Å². The van der Waals surface area contributed by atoms with Gasteiger partial charge in [-0.15, -0.1) is 0 Å². The SMILES string of the molecule is Cc1cc([N+](=O)[O-])cc(Cl)c1NCC(C)CN1CCOCC1. The number of non-ortho nitro benzene ring substituents is 1. The van der Waals surface area contributed by atoms with Crippen LogP contribution in [0.1, 0.15) is 12.5 Å². The first kappa shape index (κ1) is 17.0. The lowest BCUT2D eigenvalue weighted by molar-refractivity contribution is -0.384. The number of rotatable bonds is 6. The summed E-state index contributed by atoms with van der Waals surface area (Å²) in [6, 6.07) is 2.93. The fourth-order valence-electron chi connectivity index (χ4n) is 2.62. The van der Waals surface area contributed by atoms with Crippen molar-refractivity contribution in [3.63, 3.8) is 0 Å². The lowest BCUT2D eigenvalue weighted by Crippen LogP contribution is -2.40. The van der Waals surface area contributed by atoms with E-state index in [0.29, 0.717) is 10.9 Å². The Morgan fingerprint density at radius 1 is 1.45 bits per heavy atom. The lowest BCUT2D eigenvalue weighted by Gasteiger charge is -2.29. The van der Waals surface area contributed by atoms with Crippen LogP contribution in [0.2, 0.25) is 5.02 Å². The Labute approximate surface area is 135 Å². The second-order valence-corrected chi connectivity index (χ2v) is 6.18. The normalized spacial score (nSPS) is 17.2. The van der Waals surface area contributed by atoms with E-state index in [1.54, 1.807) is 6.07 Å². The summed E-state index contributed by atoms with van der Waals surface area (Å²) in [6.45, 7) is 9.32. The summed E-state index contributed by atoms with van der Waals surface area (Å²) in [4.78, 5) is 12.8. The van der Waals surface area contributed by atoms with Crippen LogP contribution < -0.4 is 5.32 Å². The molecule has 1 heterocycles. The molecule has 1 aromatic rings. The van der Waals surface area contributed by atoms with Gasteiger partial charge in [-0.25, -0.2) is 0 Å². The van der Waals surface area contributed by atoms with Crippen LogP contribution >= 0.6 is 11.6 Å². The second kappa shape index (κ2) is 7.76. The van der Waals surface area contributed by atoms with Crippen LogP contribution in [-0.4, -0.2) is 49.2 Å². The quantitative estimate of drug-likeness (QED) is 0.642. The number of morpholine rings is 1. The molecule has 0 saturated carbocycles. The molecule has 22 heavy (non-hydrogen) atoms. The molecule has 0 bridgehead atoms. The Morgan fingerprint density at radius 3 is 2.73 bits per heavy atom. The van der Waals surface area contributed by atoms with Gasteiger partial charge in [0.15, 0.2) is 0 Å². The molecule has 2 rings (SSSR count). The third kappa shape index (κ3) is 4.56. The van der Waals surface area contributed by atoms with Gasteiger partial charge in [0.2, 0.25) is 0 Å². The van der Waals surface area contributed by atoms with Gasteiger partial charge in [-0.1, -0.05) is 18.5 Å². The summed E-state index contributed by atoms with van der Waals surface area (Å²) >= 11 is 6.16. The first-order chi connectivity index (χ1) is 10.5. The number of nitro groups is 1. The average molecular weight is 328 g/mol. The molecule has 1 atom stereocenters. The number of hydrogen-bond acceptors (Lipinski definition) is 5. The van der Waals surface area contributed by atoms with Gasteiger partial charge in [-0.05, 0) is 18.4 Å². The zero-order valence-corrected chi connectivity index (χ0v) is 13.7. The summed E-state index contributed by atoms with van der Waals surface area (Å²) in [7, 11) is 0. The lowest BCUT2D eigenvalue weighted by atomic mass is 10.1. The molecule has 1 aliphatic rings. The van der Waals surface area contributed by atoms with Crippen molar-refractivity contribution in [1.29, 1.82) is 0 Å². The minimum Gasteiger partial charge on any atom is -0.383 e. The highest BCUT2D eigenvalue weighted by Crippen LogP contribution is 2.30. The van der Waals surface area contributed by atoms with E-state index in [4.69, 9.17) is 16.3 Å². The van der Waals surface area contributed by atoms with Crippen molar-refractivity contribution in [2.75, 3.05) is 44.7 Å². The standard InChI is InChI=1S/C15H22ClN3O3/c1-11(10-18-3-5-22-6-4-18)9-17-15-12(2)7-13(19(20)21)8-14(15)16/h7-8,11,17H,3-6,9-10H2,1-2H3. The molecule has 1 unspecified atom stereocenters. The third-order valence-electron chi connectivity index (χ3n) is 3.78. The van der Waals surface area contributed by atoms with E-state index in [0.717, 1.165) is 50.6 Å². The molecule has 0 aromatic heterocycles. The smallest absolute Gasteiger partial charge is 0.271 e. The molecular weight excluding hydrogens is 306 g/mol. The molecule has 0 aliphatic carbocycles. The second-order valence-electron chi connectivity index (χ2n) is 5.78. The predicted octanol–water partition coefficient (Wildman–Crippen LogP) is 2.94. The topological polar surface area (TPSA) is 67.6 Å². The van der Waals surface area contributed by atoms with E-state index in [1.807, 2.05) is 6.92 Å². The van der Waals surface area contributed by atoms with E-state index in [1.165, 1.54) is 6.07 Å². The zero-order chi connectivity index (χ0) is 16.1. The Hall–Kier alpha value is -1.37. The van der Waals surface area contributed by atoms with Gasteiger partial charge < -0.3 is 10.1 Å². The minimum absolute atomic E-state index is 0.0226. The number of nitrogens with zero attached hydrogens (tertiary/aromatic N) is 2. The van der Waals surface area contributed by atoms with Gasteiger partial charge in [0.1, 0.15) is 0 Å². The Balaban J connectivity index is 1.91. The van der Waals surface area contributed by atoms with Crippen LogP contribution in [-0.2, 0) is 4.74 Å². The van der Waals surface area contributed by atoms with Crippen LogP contribution in [0.4, 0.5) is 11.4 Å². The summed E-state index contributed by atoms with van der Waals surface area (Å²) in [6.07, 6.45) is 0. The van der Waals surface area contributed by atoms with Crippen molar-refractivity contribution in [3.05, 3.63) is 32.8 Å². The molecule has 1 fully saturated rings. The van der Waals surface area contributed by atoms with Gasteiger partial charge in [-0.3, -0.25) is 15.0 Å². The number of nitrogens with one attached hydrogen (secondary N) is 1. The summed E-state index contributed by atoms with van der Waals surface area (Å²) in [5.41, 5.74) is 1.59. The number of benzene rings is 1. The molecule has 0 spiro atoms. The minimum atomic E-state index is -0.427. The maximum absolute atomic E-state index is 10.8. The van der Waals surface area contributed by atoms with Crippen LogP contribution in [0.15, 0.2) is 12.1 Å². The van der Waals surface area contributed by atoms with E-state index in [9.17, 15) is 10.1 Å². The summed E-state index contributed by atoms with van der Waals surface area (Å²) in [5, 5.41) is 14.5. The fraction of sp³-hybridized carbons (Fsp3) is 0.600. The van der Waals surface area contributed by atoms with Crippen LogP contribution in [0, 0.1) is 23.0 Å². The highest BCUT2D eigenvalue weighted by Gasteiger charge is 2.16. The number of hydrogen-bond donors (Lipinski definition) is 1. The number of ether oxygens (including phenoxy) is 1. The van der Waals surface area contributed by atoms with E-state index in [2.05, 4.69) is 17.1 Å². The van der Waals surface area contributed by atoms with Crippen molar-refractivity contribution >= 4 is 23.0 Å². The largest absolute Gasteiger partial charge is 0.383 e. The van der Waals surface area contributed by atoms with E-state index in [-0.39, 0.29) is 5.69 Å². The molecule has 1 aromatic carbocycles. The molecule has 1 N–H and O–H groups in total. The first-order valence-corrected chi connectivity index (χ1v) is 7.83. The fourth-order valence-corrected chi connectivity index (χ4v) is 2.95. The van der Waals surface area contributed by atoms with Crippen molar-refractivity contribution in [2.24, 2.45) is 5.92 Å². The molecule has 7 heteroatoms. The molecule has 1 aliphatic heterocycles. The Bertz CT molecular complexity index is 510. The van der Waals surface area contributed by atoms with Crippen molar-refractivity contribution in [1.82, 2.24) is 4.90 Å². The summed E-state index contributed by atoms with van der Waals surface area (Å²) < 4.78 is 5.34. The first-order valence-electron chi connectivity index (χ1n) is 7.46. The van der Waals surface area contributed by atoms with Crippen LogP contribution in [0.5, 0.6) is 0 Å². The number of anilines is 1. The third-order valence-corrected chi connectivity index (χ3v) is 4.08. The van der Waals surface area contributed by atoms with E-state index >= 15 is 0 Å². The highest BCUT2D eigenvalue weighted by atomic mass is 35.5. The Kier molecular flexibility index (Phi) is 5.99. The van der Waals surface area contributed by atoms with Gasteiger partial charge >= 0.3 is 0 Å². The van der Waals surface area contributed by atoms with Gasteiger partial charge in [0.25, 0.3) is 5.69 Å². The average Bonchev–Trinajstić information content (AvgIpc) is 2.47. The molecule has 1 saturated heterocycles. The number of aryl methyl sites for hydroxylation is 1. The molecule has 6 nitrogen and oxygen atoms in total. The predicted molar refractivity (Wildman–Crippen MR) is 87.8 cm³/mol. The molecule has 0 radical (unpaired) electrons. The zero-order valence-electron chi connectivity index (χ0n) is 13.0. The Morgan fingerprint density at radius 2 is 2.14 bits per heavy atom. The molecular formula is C15H22ClN3O3. The maximum Gasteiger partial charge on any atom is 0.271 e. The maximum atomic E-state index is 10.8. The van der Waals surface area contributed by atoms with Crippen molar-refractivity contribution in [3.8, 4) is 0 Å². The van der Waals surface area contributed by atoms with E-state index < -0.39 is 4.92 Å². The summed E-state index contributed by atoms with van der Waals surface area (Å²) in [5.74, 6) is 0.448. The number of nitro benzene ring substituents is 1. The monoisotopic (exact) mass is 327 g/mol. The van der Waals surface area contributed by atoms with Crippen LogP contribution in [0.3, 0.4) is 0 Å². The van der Waals surface area contributed by atoms with Gasteiger partial charge in [0.05, 0.1) is 28.8 Å². The highest BCUT2D eigenvalue weighted by molar-refractivity contribution is 6.33. The van der Waals surface area contributed by atoms with Gasteiger partial charge in [0, 0.05) is 38.3 Å².